The molecule has 0 radical (unpaired) electrons. The Hall–Kier alpha value is -0.940. The first kappa shape index (κ1) is 14.1. The molecule has 0 saturated heterocycles. The highest BCUT2D eigenvalue weighted by Crippen LogP contribution is 2.38. The molecule has 0 aliphatic heterocycles. The van der Waals surface area contributed by atoms with E-state index in [2.05, 4.69) is 4.74 Å². The molecule has 2 nitrogen and oxygen atoms in total. The first-order valence-corrected chi connectivity index (χ1v) is 5.26. The quantitative estimate of drug-likeness (QED) is 0.624. The Bertz CT molecular complexity index is 444. The Balaban J connectivity index is 3.51. The fraction of sp³-hybridized carbons (Fsp3) is 0.300. The third kappa shape index (κ3) is 3.04. The standard InChI is InChI=1S/C10H7Cl2F3O2/c1-17-5-2-6(10(13,14)15)9(7(12)3-5)8(16)4-11/h2-3H,4H2,1H3. The van der Waals surface area contributed by atoms with Crippen molar-refractivity contribution in [2.45, 2.75) is 6.18 Å². The fourth-order valence-corrected chi connectivity index (χ4v) is 1.72. The molecule has 1 aromatic carbocycles. The van der Waals surface area contributed by atoms with Gasteiger partial charge in [-0.3, -0.25) is 4.79 Å². The molecule has 0 spiro atoms. The van der Waals surface area contributed by atoms with Crippen molar-refractivity contribution in [3.63, 3.8) is 0 Å². The largest absolute Gasteiger partial charge is 0.497 e. The second-order valence-electron chi connectivity index (χ2n) is 3.09. The normalized spacial score (nSPS) is 11.4. The zero-order chi connectivity index (χ0) is 13.2. The van der Waals surface area contributed by atoms with Gasteiger partial charge < -0.3 is 4.74 Å². The minimum atomic E-state index is -4.70. The fourth-order valence-electron chi connectivity index (χ4n) is 1.27. The molecule has 0 amide bonds. The second-order valence-corrected chi connectivity index (χ2v) is 3.76. The molecule has 0 atom stereocenters. The van der Waals surface area contributed by atoms with Crippen LogP contribution in [0, 0.1) is 0 Å². The Morgan fingerprint density at radius 3 is 2.41 bits per heavy atom. The Morgan fingerprint density at radius 1 is 1.41 bits per heavy atom. The molecule has 7 heteroatoms. The van der Waals surface area contributed by atoms with Crippen LogP contribution in [-0.2, 0) is 6.18 Å². The lowest BCUT2D eigenvalue weighted by Crippen LogP contribution is -2.15. The number of methoxy groups -OCH3 is 1. The number of carbonyl (C=O) groups is 1. The summed E-state index contributed by atoms with van der Waals surface area (Å²) in [6.07, 6.45) is -4.70. The van der Waals surface area contributed by atoms with Crippen LogP contribution < -0.4 is 4.74 Å². The highest BCUT2D eigenvalue weighted by molar-refractivity contribution is 6.37. The summed E-state index contributed by atoms with van der Waals surface area (Å²) in [5.74, 6) is -1.53. The summed E-state index contributed by atoms with van der Waals surface area (Å²) in [7, 11) is 1.20. The number of alkyl halides is 4. The van der Waals surface area contributed by atoms with E-state index in [-0.39, 0.29) is 10.8 Å². The van der Waals surface area contributed by atoms with Crippen molar-refractivity contribution in [1.82, 2.24) is 0 Å². The minimum Gasteiger partial charge on any atom is -0.497 e. The first-order valence-electron chi connectivity index (χ1n) is 4.35. The van der Waals surface area contributed by atoms with Crippen molar-refractivity contribution in [3.05, 3.63) is 28.3 Å². The summed E-state index contributed by atoms with van der Waals surface area (Å²) in [5.41, 5.74) is -1.78. The van der Waals surface area contributed by atoms with E-state index < -0.39 is 29.0 Å². The SMILES string of the molecule is COc1cc(Cl)c(C(=O)CCl)c(C(F)(F)F)c1. The lowest BCUT2D eigenvalue weighted by atomic mass is 10.0. The molecule has 1 aromatic rings. The number of benzene rings is 1. The molecule has 94 valence electrons. The van der Waals surface area contributed by atoms with E-state index in [4.69, 9.17) is 23.2 Å². The van der Waals surface area contributed by atoms with Crippen LogP contribution in [-0.4, -0.2) is 18.8 Å². The Morgan fingerprint density at radius 2 is 2.00 bits per heavy atom. The van der Waals surface area contributed by atoms with Gasteiger partial charge in [-0.2, -0.15) is 13.2 Å². The van der Waals surface area contributed by atoms with E-state index >= 15 is 0 Å². The maximum atomic E-state index is 12.7. The summed E-state index contributed by atoms with van der Waals surface area (Å²) >= 11 is 10.9. The number of hydrogen-bond donors (Lipinski definition) is 0. The zero-order valence-corrected chi connectivity index (χ0v) is 10.1. The number of halogens is 5. The molecule has 0 heterocycles. The van der Waals surface area contributed by atoms with Gasteiger partial charge in [0, 0.05) is 5.56 Å². The van der Waals surface area contributed by atoms with Crippen LogP contribution in [0.3, 0.4) is 0 Å². The molecule has 0 unspecified atom stereocenters. The number of ketones is 1. The average molecular weight is 287 g/mol. The molecular formula is C10H7Cl2F3O2. The molecule has 0 aromatic heterocycles. The lowest BCUT2D eigenvalue weighted by Gasteiger charge is -2.14. The van der Waals surface area contributed by atoms with E-state index in [0.29, 0.717) is 6.07 Å². The number of hydrogen-bond acceptors (Lipinski definition) is 2. The third-order valence-electron chi connectivity index (χ3n) is 2.01. The molecule has 0 aliphatic rings. The minimum absolute atomic E-state index is 0.0755. The van der Waals surface area contributed by atoms with Gasteiger partial charge in [-0.05, 0) is 12.1 Å². The summed E-state index contributed by atoms with van der Waals surface area (Å²) in [6, 6.07) is 1.85. The van der Waals surface area contributed by atoms with Crippen molar-refractivity contribution in [1.29, 1.82) is 0 Å². The van der Waals surface area contributed by atoms with Crippen molar-refractivity contribution >= 4 is 29.0 Å². The average Bonchev–Trinajstić information content (AvgIpc) is 2.25. The van der Waals surface area contributed by atoms with Gasteiger partial charge in [0.2, 0.25) is 0 Å². The predicted molar refractivity (Wildman–Crippen MR) is 58.1 cm³/mol. The molecule has 0 bridgehead atoms. The molecule has 0 saturated carbocycles. The monoisotopic (exact) mass is 286 g/mol. The van der Waals surface area contributed by atoms with E-state index in [0.717, 1.165) is 6.07 Å². The third-order valence-corrected chi connectivity index (χ3v) is 2.55. The number of ether oxygens (including phenoxy) is 1. The smallest absolute Gasteiger partial charge is 0.417 e. The predicted octanol–water partition coefficient (Wildman–Crippen LogP) is 3.79. The van der Waals surface area contributed by atoms with Gasteiger partial charge in [0.1, 0.15) is 5.75 Å². The zero-order valence-electron chi connectivity index (χ0n) is 8.57. The van der Waals surface area contributed by atoms with Crippen molar-refractivity contribution in [2.75, 3.05) is 13.0 Å². The van der Waals surface area contributed by atoms with Crippen molar-refractivity contribution in [2.24, 2.45) is 0 Å². The lowest BCUT2D eigenvalue weighted by molar-refractivity contribution is -0.138. The summed E-state index contributed by atoms with van der Waals surface area (Å²) < 4.78 is 42.9. The summed E-state index contributed by atoms with van der Waals surface area (Å²) in [6.45, 7) is 0. The number of carbonyl (C=O) groups excluding carboxylic acids is 1. The van der Waals surface area contributed by atoms with Crippen molar-refractivity contribution < 1.29 is 22.7 Å². The number of Topliss-reactive ketones (excluding diaryl/α,β-unsaturated/α-hetero) is 1. The molecule has 17 heavy (non-hydrogen) atoms. The van der Waals surface area contributed by atoms with E-state index in [9.17, 15) is 18.0 Å². The van der Waals surface area contributed by atoms with Gasteiger partial charge in [-0.1, -0.05) is 11.6 Å². The van der Waals surface area contributed by atoms with Crippen LogP contribution in [0.1, 0.15) is 15.9 Å². The highest BCUT2D eigenvalue weighted by atomic mass is 35.5. The van der Waals surface area contributed by atoms with E-state index in [1.165, 1.54) is 7.11 Å². The van der Waals surface area contributed by atoms with Crippen LogP contribution in [0.5, 0.6) is 5.75 Å². The maximum Gasteiger partial charge on any atom is 0.417 e. The second kappa shape index (κ2) is 5.14. The van der Waals surface area contributed by atoms with Gasteiger partial charge in [-0.15, -0.1) is 11.6 Å². The Kier molecular flexibility index (Phi) is 4.27. The first-order chi connectivity index (χ1) is 7.81. The van der Waals surface area contributed by atoms with Gasteiger partial charge in [0.05, 0.1) is 23.6 Å². The number of rotatable bonds is 3. The van der Waals surface area contributed by atoms with Crippen LogP contribution in [0.4, 0.5) is 13.2 Å². The van der Waals surface area contributed by atoms with Crippen LogP contribution in [0.15, 0.2) is 12.1 Å². The van der Waals surface area contributed by atoms with E-state index in [1.807, 2.05) is 0 Å². The molecular weight excluding hydrogens is 280 g/mol. The van der Waals surface area contributed by atoms with Crippen molar-refractivity contribution in [3.8, 4) is 5.75 Å². The molecule has 0 N–H and O–H groups in total. The summed E-state index contributed by atoms with van der Waals surface area (Å²) in [4.78, 5) is 11.3. The van der Waals surface area contributed by atoms with E-state index in [1.54, 1.807) is 0 Å². The summed E-state index contributed by atoms with van der Waals surface area (Å²) in [5, 5.41) is -0.331. The van der Waals surface area contributed by atoms with Gasteiger partial charge in [0.25, 0.3) is 0 Å². The van der Waals surface area contributed by atoms with Crippen LogP contribution >= 0.6 is 23.2 Å². The van der Waals surface area contributed by atoms with Gasteiger partial charge in [-0.25, -0.2) is 0 Å². The molecule has 1 rings (SSSR count). The maximum absolute atomic E-state index is 12.7. The van der Waals surface area contributed by atoms with Gasteiger partial charge in [0.15, 0.2) is 5.78 Å². The van der Waals surface area contributed by atoms with Gasteiger partial charge >= 0.3 is 6.18 Å². The Labute approximate surface area is 105 Å². The molecule has 0 aliphatic carbocycles. The van der Waals surface area contributed by atoms with Crippen LogP contribution in [0.2, 0.25) is 5.02 Å². The topological polar surface area (TPSA) is 26.3 Å². The van der Waals surface area contributed by atoms with Crippen LogP contribution in [0.25, 0.3) is 0 Å². The molecule has 0 fully saturated rings. The highest BCUT2D eigenvalue weighted by Gasteiger charge is 2.37.